The highest BCUT2D eigenvalue weighted by molar-refractivity contribution is 5.97. The van der Waals surface area contributed by atoms with Gasteiger partial charge in [0.05, 0.1) is 11.3 Å². The second-order valence-electron chi connectivity index (χ2n) is 7.10. The van der Waals surface area contributed by atoms with Gasteiger partial charge in [0.15, 0.2) is 0 Å². The number of pyridine rings is 1. The Bertz CT molecular complexity index is 1080. The van der Waals surface area contributed by atoms with Crippen LogP contribution in [0.2, 0.25) is 0 Å². The minimum absolute atomic E-state index is 0.0215. The summed E-state index contributed by atoms with van der Waals surface area (Å²) in [4.78, 5) is 33.4. The van der Waals surface area contributed by atoms with E-state index in [2.05, 4.69) is 9.88 Å². The van der Waals surface area contributed by atoms with Crippen LogP contribution in [0.3, 0.4) is 0 Å². The highest BCUT2D eigenvalue weighted by atomic mass is 16.3. The zero-order chi connectivity index (χ0) is 19.7. The number of aryl methyl sites for hydroxylation is 1. The van der Waals surface area contributed by atoms with Gasteiger partial charge in [-0.1, -0.05) is 12.1 Å². The highest BCUT2D eigenvalue weighted by Crippen LogP contribution is 2.21. The lowest BCUT2D eigenvalue weighted by molar-refractivity contribution is 0.0624. The molecule has 144 valence electrons. The number of rotatable bonds is 3. The first-order chi connectivity index (χ1) is 13.5. The maximum absolute atomic E-state index is 12.7. The summed E-state index contributed by atoms with van der Waals surface area (Å²) in [6.07, 6.45) is 1.71. The Labute approximate surface area is 162 Å². The topological polar surface area (TPSA) is 78.2 Å². The first-order valence-corrected chi connectivity index (χ1v) is 9.30. The third kappa shape index (κ3) is 3.61. The molecule has 7 heteroatoms. The van der Waals surface area contributed by atoms with Gasteiger partial charge < -0.3 is 10.0 Å². The number of hydrogen-bond donors (Lipinski definition) is 1. The molecule has 0 atom stereocenters. The van der Waals surface area contributed by atoms with Crippen LogP contribution in [-0.4, -0.2) is 56.4 Å². The van der Waals surface area contributed by atoms with Crippen molar-refractivity contribution in [2.45, 2.75) is 13.5 Å². The van der Waals surface area contributed by atoms with Gasteiger partial charge >= 0.3 is 0 Å². The van der Waals surface area contributed by atoms with E-state index in [-0.39, 0.29) is 17.2 Å². The Morgan fingerprint density at radius 2 is 1.89 bits per heavy atom. The van der Waals surface area contributed by atoms with E-state index in [1.807, 2.05) is 25.1 Å². The van der Waals surface area contributed by atoms with Crippen molar-refractivity contribution >= 4 is 11.6 Å². The van der Waals surface area contributed by atoms with Crippen molar-refractivity contribution in [3.8, 4) is 5.75 Å². The molecule has 0 unspecified atom stereocenters. The van der Waals surface area contributed by atoms with Crippen molar-refractivity contribution in [1.29, 1.82) is 0 Å². The first-order valence-electron chi connectivity index (χ1n) is 9.30. The molecular formula is C21H22N4O3. The van der Waals surface area contributed by atoms with Gasteiger partial charge in [-0.2, -0.15) is 0 Å². The van der Waals surface area contributed by atoms with Crippen LogP contribution in [0.4, 0.5) is 0 Å². The van der Waals surface area contributed by atoms with E-state index in [1.165, 1.54) is 4.40 Å². The predicted molar refractivity (Wildman–Crippen MR) is 105 cm³/mol. The molecule has 0 bridgehead atoms. The Morgan fingerprint density at radius 3 is 2.64 bits per heavy atom. The first kappa shape index (κ1) is 18.2. The minimum atomic E-state index is -0.153. The second kappa shape index (κ2) is 7.44. The van der Waals surface area contributed by atoms with Crippen molar-refractivity contribution in [2.75, 3.05) is 26.2 Å². The maximum Gasteiger partial charge on any atom is 0.258 e. The molecule has 1 aliphatic rings. The number of phenols is 1. The van der Waals surface area contributed by atoms with Gasteiger partial charge in [-0.3, -0.25) is 18.9 Å². The average Bonchev–Trinajstić information content (AvgIpc) is 2.68. The van der Waals surface area contributed by atoms with E-state index in [4.69, 9.17) is 0 Å². The molecule has 1 aliphatic heterocycles. The van der Waals surface area contributed by atoms with Crippen molar-refractivity contribution in [2.24, 2.45) is 0 Å². The lowest BCUT2D eigenvalue weighted by atomic mass is 10.1. The smallest absolute Gasteiger partial charge is 0.258 e. The molecule has 0 spiro atoms. The number of amides is 1. The monoisotopic (exact) mass is 378 g/mol. The SMILES string of the molecule is Cc1ccc(C(=O)N2CCN(Cc3cc(=O)n4ccccc4n3)CC2)c(O)c1. The second-order valence-corrected chi connectivity index (χ2v) is 7.10. The van der Waals surface area contributed by atoms with Gasteiger partial charge in [0.2, 0.25) is 0 Å². The molecule has 1 amide bonds. The van der Waals surface area contributed by atoms with Crippen molar-refractivity contribution in [3.63, 3.8) is 0 Å². The van der Waals surface area contributed by atoms with E-state index in [9.17, 15) is 14.7 Å². The fraction of sp³-hybridized carbons (Fsp3) is 0.286. The number of aromatic nitrogens is 2. The van der Waals surface area contributed by atoms with Crippen LogP contribution in [0.1, 0.15) is 21.6 Å². The van der Waals surface area contributed by atoms with Crippen molar-refractivity contribution < 1.29 is 9.90 Å². The lowest BCUT2D eigenvalue weighted by Gasteiger charge is -2.34. The summed E-state index contributed by atoms with van der Waals surface area (Å²) >= 11 is 0. The highest BCUT2D eigenvalue weighted by Gasteiger charge is 2.24. The number of aromatic hydroxyl groups is 1. The Morgan fingerprint density at radius 1 is 1.11 bits per heavy atom. The van der Waals surface area contributed by atoms with Crippen LogP contribution in [0, 0.1) is 6.92 Å². The molecule has 4 rings (SSSR count). The Hall–Kier alpha value is -3.19. The van der Waals surface area contributed by atoms with Crippen molar-refractivity contribution in [3.05, 3.63) is 75.8 Å². The van der Waals surface area contributed by atoms with Crippen LogP contribution in [0.5, 0.6) is 5.75 Å². The fourth-order valence-corrected chi connectivity index (χ4v) is 3.52. The molecule has 0 radical (unpaired) electrons. The van der Waals surface area contributed by atoms with Gasteiger partial charge in [0.1, 0.15) is 11.4 Å². The number of benzene rings is 1. The quantitative estimate of drug-likeness (QED) is 0.750. The zero-order valence-electron chi connectivity index (χ0n) is 15.7. The average molecular weight is 378 g/mol. The van der Waals surface area contributed by atoms with E-state index in [0.717, 1.165) is 11.3 Å². The minimum Gasteiger partial charge on any atom is -0.507 e. The molecular weight excluding hydrogens is 356 g/mol. The van der Waals surface area contributed by atoms with Crippen LogP contribution < -0.4 is 5.56 Å². The largest absolute Gasteiger partial charge is 0.507 e. The molecule has 28 heavy (non-hydrogen) atoms. The number of phenolic OH excluding ortho intramolecular Hbond substituents is 1. The molecule has 2 aromatic heterocycles. The molecule has 7 nitrogen and oxygen atoms in total. The van der Waals surface area contributed by atoms with E-state index in [0.29, 0.717) is 43.9 Å². The molecule has 3 heterocycles. The van der Waals surface area contributed by atoms with E-state index < -0.39 is 0 Å². The molecule has 3 aromatic rings. The van der Waals surface area contributed by atoms with Gasteiger partial charge in [0, 0.05) is 45.0 Å². The number of carbonyl (C=O) groups excluding carboxylic acids is 1. The summed E-state index contributed by atoms with van der Waals surface area (Å²) in [6.45, 7) is 4.96. The lowest BCUT2D eigenvalue weighted by Crippen LogP contribution is -2.48. The van der Waals surface area contributed by atoms with Crippen LogP contribution >= 0.6 is 0 Å². The van der Waals surface area contributed by atoms with Crippen LogP contribution in [-0.2, 0) is 6.54 Å². The molecule has 0 saturated carbocycles. The van der Waals surface area contributed by atoms with Crippen molar-refractivity contribution in [1.82, 2.24) is 19.2 Å². The summed E-state index contributed by atoms with van der Waals surface area (Å²) in [5, 5.41) is 10.1. The molecule has 0 aliphatic carbocycles. The summed E-state index contributed by atoms with van der Waals surface area (Å²) in [5.41, 5.74) is 2.52. The number of nitrogens with zero attached hydrogens (tertiary/aromatic N) is 4. The van der Waals surface area contributed by atoms with Crippen LogP contribution in [0.15, 0.2) is 53.5 Å². The van der Waals surface area contributed by atoms with Gasteiger partial charge in [-0.25, -0.2) is 4.98 Å². The standard InChI is InChI=1S/C21H22N4O3/c1-15-5-6-17(18(26)12-15)21(28)24-10-8-23(9-11-24)14-16-13-20(27)25-7-3-2-4-19(25)22-16/h2-7,12-13,26H,8-11,14H2,1H3. The molecule has 1 fully saturated rings. The zero-order valence-corrected chi connectivity index (χ0v) is 15.7. The maximum atomic E-state index is 12.7. The number of carbonyl (C=O) groups is 1. The number of hydrogen-bond acceptors (Lipinski definition) is 5. The van der Waals surface area contributed by atoms with Gasteiger partial charge in [0.25, 0.3) is 11.5 Å². The summed E-state index contributed by atoms with van der Waals surface area (Å²) < 4.78 is 1.52. The molecule has 1 N–H and O–H groups in total. The van der Waals surface area contributed by atoms with Gasteiger partial charge in [-0.15, -0.1) is 0 Å². The number of fused-ring (bicyclic) bond motifs is 1. The summed E-state index contributed by atoms with van der Waals surface area (Å²) in [7, 11) is 0. The van der Waals surface area contributed by atoms with Crippen LogP contribution in [0.25, 0.3) is 5.65 Å². The predicted octanol–water partition coefficient (Wildman–Crippen LogP) is 1.67. The van der Waals surface area contributed by atoms with E-state index >= 15 is 0 Å². The molecule has 1 saturated heterocycles. The Kier molecular flexibility index (Phi) is 4.83. The third-order valence-electron chi connectivity index (χ3n) is 5.05. The van der Waals surface area contributed by atoms with Gasteiger partial charge in [-0.05, 0) is 36.8 Å². The molecule has 1 aromatic carbocycles. The van der Waals surface area contributed by atoms with E-state index in [1.54, 1.807) is 35.4 Å². The number of piperazine rings is 1. The summed E-state index contributed by atoms with van der Waals surface area (Å²) in [6, 6.07) is 12.1. The summed E-state index contributed by atoms with van der Waals surface area (Å²) in [5.74, 6) is -0.132. The normalized spacial score (nSPS) is 15.1. The fourth-order valence-electron chi connectivity index (χ4n) is 3.52. The third-order valence-corrected chi connectivity index (χ3v) is 5.05. The Balaban J connectivity index is 1.42.